The molecule has 0 radical (unpaired) electrons. The summed E-state index contributed by atoms with van der Waals surface area (Å²) in [6, 6.07) is 11.1. The fraction of sp³-hybridized carbons (Fsp3) is 0.294. The molecule has 1 aliphatic rings. The van der Waals surface area contributed by atoms with Crippen molar-refractivity contribution in [2.75, 3.05) is 11.5 Å². The lowest BCUT2D eigenvalue weighted by atomic mass is 10.0. The van der Waals surface area contributed by atoms with Gasteiger partial charge in [0, 0.05) is 0 Å². The standard InChI is InChI=1S/C17H16N2O4S2/c1-17(8-9-25(21,22)10-17)19-15(20)12-6-7-13(23-12)16-18-11-4-2-3-5-14(11)24-16/h2-7H,8-10H2,1H3,(H,19,20). The highest BCUT2D eigenvalue weighted by atomic mass is 32.2. The van der Waals surface area contributed by atoms with E-state index >= 15 is 0 Å². The van der Waals surface area contributed by atoms with Gasteiger partial charge in [-0.05, 0) is 37.6 Å². The Hall–Kier alpha value is -2.19. The first-order valence-electron chi connectivity index (χ1n) is 7.82. The van der Waals surface area contributed by atoms with Crippen molar-refractivity contribution in [3.8, 4) is 10.8 Å². The summed E-state index contributed by atoms with van der Waals surface area (Å²) in [5, 5.41) is 3.49. The second-order valence-corrected chi connectivity index (χ2v) is 9.72. The molecule has 1 aromatic carbocycles. The number of carbonyl (C=O) groups is 1. The largest absolute Gasteiger partial charge is 0.448 e. The van der Waals surface area contributed by atoms with Crippen molar-refractivity contribution < 1.29 is 17.6 Å². The Morgan fingerprint density at radius 2 is 2.08 bits per heavy atom. The first-order valence-corrected chi connectivity index (χ1v) is 10.5. The van der Waals surface area contributed by atoms with Crippen LogP contribution in [0, 0.1) is 0 Å². The maximum absolute atomic E-state index is 12.4. The molecule has 1 N–H and O–H groups in total. The average Bonchev–Trinajstić information content (AvgIpc) is 3.24. The summed E-state index contributed by atoms with van der Waals surface area (Å²) in [6.07, 6.45) is 0.409. The zero-order chi connectivity index (χ0) is 17.7. The third kappa shape index (κ3) is 3.19. The molecule has 1 unspecified atom stereocenters. The number of nitrogens with zero attached hydrogens (tertiary/aromatic N) is 1. The van der Waals surface area contributed by atoms with E-state index in [9.17, 15) is 13.2 Å². The number of sulfone groups is 1. The van der Waals surface area contributed by atoms with Crippen molar-refractivity contribution in [3.63, 3.8) is 0 Å². The fourth-order valence-electron chi connectivity index (χ4n) is 3.00. The minimum absolute atomic E-state index is 0.0445. The lowest BCUT2D eigenvalue weighted by Crippen LogP contribution is -2.46. The SMILES string of the molecule is CC1(NC(=O)c2ccc(-c3nc4ccccc4s3)o2)CCS(=O)(=O)C1. The Labute approximate surface area is 148 Å². The molecule has 6 nitrogen and oxygen atoms in total. The lowest BCUT2D eigenvalue weighted by molar-refractivity contribution is 0.0887. The Morgan fingerprint density at radius 1 is 1.28 bits per heavy atom. The number of furan rings is 1. The van der Waals surface area contributed by atoms with E-state index in [-0.39, 0.29) is 17.3 Å². The van der Waals surface area contributed by atoms with Crippen molar-refractivity contribution in [1.29, 1.82) is 0 Å². The van der Waals surface area contributed by atoms with Crippen molar-refractivity contribution in [3.05, 3.63) is 42.2 Å². The van der Waals surface area contributed by atoms with Gasteiger partial charge in [0.05, 0.1) is 27.3 Å². The minimum Gasteiger partial charge on any atom is -0.448 e. The van der Waals surface area contributed by atoms with Gasteiger partial charge in [-0.25, -0.2) is 13.4 Å². The summed E-state index contributed by atoms with van der Waals surface area (Å²) in [7, 11) is -3.09. The fourth-order valence-corrected chi connectivity index (χ4v) is 6.02. The Kier molecular flexibility index (Phi) is 3.69. The number of carbonyl (C=O) groups excluding carboxylic acids is 1. The molecule has 0 bridgehead atoms. The van der Waals surface area contributed by atoms with Gasteiger partial charge < -0.3 is 9.73 Å². The molecule has 8 heteroatoms. The Morgan fingerprint density at radius 3 is 2.80 bits per heavy atom. The van der Waals surface area contributed by atoms with Crippen LogP contribution >= 0.6 is 11.3 Å². The average molecular weight is 376 g/mol. The van der Waals surface area contributed by atoms with E-state index in [0.717, 1.165) is 10.2 Å². The quantitative estimate of drug-likeness (QED) is 0.759. The first kappa shape index (κ1) is 16.3. The summed E-state index contributed by atoms with van der Waals surface area (Å²) in [5.74, 6) is 0.318. The zero-order valence-electron chi connectivity index (χ0n) is 13.5. The van der Waals surface area contributed by atoms with Crippen molar-refractivity contribution in [1.82, 2.24) is 10.3 Å². The van der Waals surface area contributed by atoms with Gasteiger partial charge in [-0.1, -0.05) is 12.1 Å². The normalized spacial score (nSPS) is 22.3. The molecule has 0 saturated carbocycles. The van der Waals surface area contributed by atoms with Crippen LogP contribution in [0.4, 0.5) is 0 Å². The van der Waals surface area contributed by atoms with Gasteiger partial charge in [-0.2, -0.15) is 0 Å². The molecular weight excluding hydrogens is 360 g/mol. The predicted molar refractivity (Wildman–Crippen MR) is 96.5 cm³/mol. The smallest absolute Gasteiger partial charge is 0.287 e. The summed E-state index contributed by atoms with van der Waals surface area (Å²) >= 11 is 1.49. The summed E-state index contributed by atoms with van der Waals surface area (Å²) in [4.78, 5) is 16.9. The summed E-state index contributed by atoms with van der Waals surface area (Å²) in [6.45, 7) is 1.74. The number of rotatable bonds is 3. The molecule has 1 fully saturated rings. The number of fused-ring (bicyclic) bond motifs is 1. The van der Waals surface area contributed by atoms with Gasteiger partial charge in [-0.15, -0.1) is 11.3 Å². The molecule has 2 aromatic heterocycles. The number of nitrogens with one attached hydrogen (secondary N) is 1. The van der Waals surface area contributed by atoms with Crippen LogP contribution in [-0.4, -0.2) is 36.4 Å². The Bertz CT molecular complexity index is 1030. The van der Waals surface area contributed by atoms with Crippen LogP contribution in [0.25, 0.3) is 21.0 Å². The molecule has 1 atom stereocenters. The molecule has 25 heavy (non-hydrogen) atoms. The Balaban J connectivity index is 1.55. The van der Waals surface area contributed by atoms with Crippen molar-refractivity contribution in [2.24, 2.45) is 0 Å². The molecule has 1 aliphatic heterocycles. The van der Waals surface area contributed by atoms with Gasteiger partial charge >= 0.3 is 0 Å². The minimum atomic E-state index is -3.09. The van der Waals surface area contributed by atoms with Gasteiger partial charge in [0.2, 0.25) is 0 Å². The number of para-hydroxylation sites is 1. The molecule has 4 rings (SSSR count). The number of thiazole rings is 1. The van der Waals surface area contributed by atoms with Crippen LogP contribution in [0.2, 0.25) is 0 Å². The highest BCUT2D eigenvalue weighted by Gasteiger charge is 2.40. The van der Waals surface area contributed by atoms with Crippen LogP contribution in [0.15, 0.2) is 40.8 Å². The van der Waals surface area contributed by atoms with Crippen LogP contribution in [-0.2, 0) is 9.84 Å². The molecular formula is C17H16N2O4S2. The first-order chi connectivity index (χ1) is 11.8. The highest BCUT2D eigenvalue weighted by Crippen LogP contribution is 2.31. The van der Waals surface area contributed by atoms with Crippen molar-refractivity contribution >= 4 is 37.3 Å². The van der Waals surface area contributed by atoms with Crippen molar-refractivity contribution in [2.45, 2.75) is 18.9 Å². The van der Waals surface area contributed by atoms with E-state index in [4.69, 9.17) is 4.42 Å². The third-order valence-corrected chi connectivity index (χ3v) is 7.21. The summed E-state index contributed by atoms with van der Waals surface area (Å²) in [5.41, 5.74) is 0.132. The van der Waals surface area contributed by atoms with E-state index < -0.39 is 21.3 Å². The molecule has 3 heterocycles. The molecule has 130 valence electrons. The van der Waals surface area contributed by atoms with Gasteiger partial charge in [0.15, 0.2) is 26.4 Å². The van der Waals surface area contributed by atoms with Crippen LogP contribution < -0.4 is 5.32 Å². The van der Waals surface area contributed by atoms with E-state index in [1.165, 1.54) is 11.3 Å². The topological polar surface area (TPSA) is 89.3 Å². The van der Waals surface area contributed by atoms with Crippen LogP contribution in [0.5, 0.6) is 0 Å². The second-order valence-electron chi connectivity index (χ2n) is 6.51. The number of benzene rings is 1. The maximum atomic E-state index is 12.4. The van der Waals surface area contributed by atoms with Gasteiger partial charge in [-0.3, -0.25) is 4.79 Å². The molecule has 1 saturated heterocycles. The van der Waals surface area contributed by atoms with E-state index in [2.05, 4.69) is 10.3 Å². The summed E-state index contributed by atoms with van der Waals surface area (Å²) < 4.78 is 30.0. The lowest BCUT2D eigenvalue weighted by Gasteiger charge is -2.23. The van der Waals surface area contributed by atoms with E-state index in [1.807, 2.05) is 24.3 Å². The number of aromatic nitrogens is 1. The van der Waals surface area contributed by atoms with E-state index in [1.54, 1.807) is 19.1 Å². The number of hydrogen-bond donors (Lipinski definition) is 1. The van der Waals surface area contributed by atoms with E-state index in [0.29, 0.717) is 17.2 Å². The van der Waals surface area contributed by atoms with Gasteiger partial charge in [0.1, 0.15) is 0 Å². The maximum Gasteiger partial charge on any atom is 0.287 e. The van der Waals surface area contributed by atoms with Crippen LogP contribution in [0.3, 0.4) is 0 Å². The predicted octanol–water partition coefficient (Wildman–Crippen LogP) is 2.86. The zero-order valence-corrected chi connectivity index (χ0v) is 15.1. The highest BCUT2D eigenvalue weighted by molar-refractivity contribution is 7.91. The molecule has 0 aliphatic carbocycles. The molecule has 0 spiro atoms. The van der Waals surface area contributed by atoms with Crippen LogP contribution in [0.1, 0.15) is 23.9 Å². The monoisotopic (exact) mass is 376 g/mol. The third-order valence-electron chi connectivity index (χ3n) is 4.25. The second kappa shape index (κ2) is 5.67. The number of hydrogen-bond acceptors (Lipinski definition) is 6. The van der Waals surface area contributed by atoms with Gasteiger partial charge in [0.25, 0.3) is 5.91 Å². The number of amides is 1. The molecule has 3 aromatic rings. The molecule has 1 amide bonds.